The lowest BCUT2D eigenvalue weighted by Gasteiger charge is -2.20. The van der Waals surface area contributed by atoms with Crippen molar-refractivity contribution in [2.45, 2.75) is 13.5 Å². The van der Waals surface area contributed by atoms with Crippen molar-refractivity contribution in [3.8, 4) is 11.5 Å². The Bertz CT molecular complexity index is 1200. The van der Waals surface area contributed by atoms with Gasteiger partial charge in [0.25, 0.3) is 5.91 Å². The number of carbonyl (C=O) groups is 1. The standard InChI is InChI=1S/C23H20ClN3O3S/c1-15-5-7-17(8-6-15)30-14-20(28)27(13-16-4-3-11-25-12-16)23-26-21-19(29-2)10-9-18(24)22(21)31-23/h3-12H,13-14H2,1-2H3. The van der Waals surface area contributed by atoms with E-state index in [4.69, 9.17) is 21.1 Å². The molecule has 6 nitrogen and oxygen atoms in total. The summed E-state index contributed by atoms with van der Waals surface area (Å²) in [5.74, 6) is 1.01. The van der Waals surface area contributed by atoms with Crippen LogP contribution in [0, 0.1) is 6.92 Å². The Kier molecular flexibility index (Phi) is 6.34. The van der Waals surface area contributed by atoms with E-state index < -0.39 is 0 Å². The number of hydrogen-bond donors (Lipinski definition) is 0. The maximum Gasteiger partial charge on any atom is 0.267 e. The van der Waals surface area contributed by atoms with Gasteiger partial charge in [0, 0.05) is 12.4 Å². The number of fused-ring (bicyclic) bond motifs is 1. The van der Waals surface area contributed by atoms with Gasteiger partial charge in [0.1, 0.15) is 17.0 Å². The molecular weight excluding hydrogens is 434 g/mol. The number of hydrogen-bond acceptors (Lipinski definition) is 6. The van der Waals surface area contributed by atoms with Crippen molar-refractivity contribution in [2.75, 3.05) is 18.6 Å². The van der Waals surface area contributed by atoms with Crippen molar-refractivity contribution in [3.05, 3.63) is 77.1 Å². The van der Waals surface area contributed by atoms with Gasteiger partial charge in [-0.1, -0.05) is 46.7 Å². The van der Waals surface area contributed by atoms with Gasteiger partial charge < -0.3 is 9.47 Å². The fourth-order valence-corrected chi connectivity index (χ4v) is 4.29. The lowest BCUT2D eigenvalue weighted by Crippen LogP contribution is -2.34. The first-order valence-electron chi connectivity index (χ1n) is 9.57. The number of methoxy groups -OCH3 is 1. The molecule has 0 fully saturated rings. The van der Waals surface area contributed by atoms with Gasteiger partial charge in [-0.15, -0.1) is 0 Å². The first kappa shape index (κ1) is 21.1. The molecule has 0 saturated heterocycles. The van der Waals surface area contributed by atoms with Crippen LogP contribution in [0.5, 0.6) is 11.5 Å². The van der Waals surface area contributed by atoms with Crippen LogP contribution in [0.25, 0.3) is 10.2 Å². The fraction of sp³-hybridized carbons (Fsp3) is 0.174. The second kappa shape index (κ2) is 9.32. The van der Waals surface area contributed by atoms with E-state index in [1.165, 1.54) is 11.3 Å². The molecule has 0 radical (unpaired) electrons. The number of aromatic nitrogens is 2. The van der Waals surface area contributed by atoms with Crippen molar-refractivity contribution >= 4 is 44.2 Å². The number of halogens is 1. The summed E-state index contributed by atoms with van der Waals surface area (Å²) in [6.45, 7) is 2.19. The van der Waals surface area contributed by atoms with E-state index in [0.717, 1.165) is 15.8 Å². The maximum absolute atomic E-state index is 13.2. The molecule has 4 aromatic rings. The Hall–Kier alpha value is -3.16. The van der Waals surface area contributed by atoms with Gasteiger partial charge in [-0.05, 0) is 42.8 Å². The Balaban J connectivity index is 1.65. The average Bonchev–Trinajstić information content (AvgIpc) is 3.24. The lowest BCUT2D eigenvalue weighted by molar-refractivity contribution is -0.120. The molecule has 8 heteroatoms. The molecule has 0 saturated carbocycles. The summed E-state index contributed by atoms with van der Waals surface area (Å²) in [6, 6.07) is 14.8. The largest absolute Gasteiger partial charge is 0.494 e. The highest BCUT2D eigenvalue weighted by molar-refractivity contribution is 7.23. The number of ether oxygens (including phenoxy) is 2. The molecular formula is C23H20ClN3O3S. The summed E-state index contributed by atoms with van der Waals surface area (Å²) in [5.41, 5.74) is 2.62. The molecule has 31 heavy (non-hydrogen) atoms. The van der Waals surface area contributed by atoms with Gasteiger partial charge in [0.05, 0.1) is 23.4 Å². The lowest BCUT2D eigenvalue weighted by atomic mass is 10.2. The van der Waals surface area contributed by atoms with Crippen LogP contribution in [-0.2, 0) is 11.3 Å². The smallest absolute Gasteiger partial charge is 0.267 e. The molecule has 1 amide bonds. The summed E-state index contributed by atoms with van der Waals surface area (Å²) in [4.78, 5) is 23.6. The number of benzene rings is 2. The summed E-state index contributed by atoms with van der Waals surface area (Å²) in [7, 11) is 1.58. The van der Waals surface area contributed by atoms with Gasteiger partial charge in [0.2, 0.25) is 0 Å². The molecule has 0 atom stereocenters. The number of carbonyl (C=O) groups excluding carboxylic acids is 1. The summed E-state index contributed by atoms with van der Waals surface area (Å²) >= 11 is 7.71. The number of thiazole rings is 1. The predicted molar refractivity (Wildman–Crippen MR) is 123 cm³/mol. The number of anilines is 1. The molecule has 2 heterocycles. The van der Waals surface area contributed by atoms with Crippen LogP contribution in [0.15, 0.2) is 60.9 Å². The van der Waals surface area contributed by atoms with E-state index in [0.29, 0.717) is 33.7 Å². The van der Waals surface area contributed by atoms with Crippen LogP contribution < -0.4 is 14.4 Å². The number of pyridine rings is 1. The Morgan fingerprint density at radius 1 is 1.16 bits per heavy atom. The SMILES string of the molecule is COc1ccc(Cl)c2sc(N(Cc3cccnc3)C(=O)COc3ccc(C)cc3)nc12. The van der Waals surface area contributed by atoms with E-state index in [1.54, 1.807) is 36.5 Å². The van der Waals surface area contributed by atoms with E-state index in [2.05, 4.69) is 9.97 Å². The zero-order valence-corrected chi connectivity index (χ0v) is 18.6. The van der Waals surface area contributed by atoms with E-state index in [1.807, 2.05) is 43.3 Å². The van der Waals surface area contributed by atoms with Crippen molar-refractivity contribution in [2.24, 2.45) is 0 Å². The fourth-order valence-electron chi connectivity index (χ4n) is 3.02. The molecule has 0 aliphatic heterocycles. The summed E-state index contributed by atoms with van der Waals surface area (Å²) in [5, 5.41) is 1.08. The molecule has 0 unspecified atom stereocenters. The van der Waals surface area contributed by atoms with Gasteiger partial charge >= 0.3 is 0 Å². The van der Waals surface area contributed by atoms with E-state index in [9.17, 15) is 4.79 Å². The number of nitrogens with zero attached hydrogens (tertiary/aromatic N) is 3. The molecule has 0 aliphatic rings. The molecule has 2 aromatic carbocycles. The van der Waals surface area contributed by atoms with Crippen molar-refractivity contribution in [3.63, 3.8) is 0 Å². The van der Waals surface area contributed by atoms with Gasteiger partial charge in [-0.3, -0.25) is 14.7 Å². The van der Waals surface area contributed by atoms with Gasteiger partial charge in [-0.2, -0.15) is 0 Å². The third-order valence-electron chi connectivity index (χ3n) is 4.65. The second-order valence-electron chi connectivity index (χ2n) is 6.87. The molecule has 0 N–H and O–H groups in total. The van der Waals surface area contributed by atoms with Gasteiger partial charge in [-0.25, -0.2) is 4.98 Å². The zero-order chi connectivity index (χ0) is 21.8. The minimum atomic E-state index is -0.224. The number of aryl methyl sites for hydroxylation is 1. The Morgan fingerprint density at radius 3 is 2.68 bits per heavy atom. The Labute approximate surface area is 189 Å². The van der Waals surface area contributed by atoms with Crippen LogP contribution in [-0.4, -0.2) is 29.6 Å². The summed E-state index contributed by atoms with van der Waals surface area (Å²) < 4.78 is 11.9. The van der Waals surface area contributed by atoms with Gasteiger partial charge in [0.15, 0.2) is 11.7 Å². The summed E-state index contributed by atoms with van der Waals surface area (Å²) in [6.07, 6.45) is 3.42. The van der Waals surface area contributed by atoms with Crippen molar-refractivity contribution in [1.29, 1.82) is 0 Å². The average molecular weight is 454 g/mol. The highest BCUT2D eigenvalue weighted by Crippen LogP contribution is 2.39. The first-order valence-corrected chi connectivity index (χ1v) is 10.8. The van der Waals surface area contributed by atoms with E-state index >= 15 is 0 Å². The van der Waals surface area contributed by atoms with Crippen molar-refractivity contribution in [1.82, 2.24) is 9.97 Å². The highest BCUT2D eigenvalue weighted by atomic mass is 35.5. The van der Waals surface area contributed by atoms with Crippen LogP contribution >= 0.6 is 22.9 Å². The third-order valence-corrected chi connectivity index (χ3v) is 6.18. The minimum absolute atomic E-state index is 0.121. The number of rotatable bonds is 7. The van der Waals surface area contributed by atoms with Crippen molar-refractivity contribution < 1.29 is 14.3 Å². The Morgan fingerprint density at radius 2 is 1.97 bits per heavy atom. The van der Waals surface area contributed by atoms with Crippen LogP contribution in [0.1, 0.15) is 11.1 Å². The quantitative estimate of drug-likeness (QED) is 0.381. The monoisotopic (exact) mass is 453 g/mol. The van der Waals surface area contributed by atoms with Crippen LogP contribution in [0.2, 0.25) is 5.02 Å². The molecule has 0 spiro atoms. The molecule has 0 aliphatic carbocycles. The third kappa shape index (κ3) is 4.78. The van der Waals surface area contributed by atoms with E-state index in [-0.39, 0.29) is 12.5 Å². The zero-order valence-electron chi connectivity index (χ0n) is 17.0. The van der Waals surface area contributed by atoms with Crippen LogP contribution in [0.3, 0.4) is 0 Å². The minimum Gasteiger partial charge on any atom is -0.494 e. The topological polar surface area (TPSA) is 64.5 Å². The number of amides is 1. The first-order chi connectivity index (χ1) is 15.0. The van der Waals surface area contributed by atoms with Crippen LogP contribution in [0.4, 0.5) is 5.13 Å². The predicted octanol–water partition coefficient (Wildman–Crippen LogP) is 5.27. The molecule has 4 rings (SSSR count). The second-order valence-corrected chi connectivity index (χ2v) is 8.25. The molecule has 158 valence electrons. The normalized spacial score (nSPS) is 10.8. The molecule has 0 bridgehead atoms. The molecule has 2 aromatic heterocycles. The maximum atomic E-state index is 13.2. The highest BCUT2D eigenvalue weighted by Gasteiger charge is 2.23.